The van der Waals surface area contributed by atoms with Crippen molar-refractivity contribution in [3.8, 4) is 0 Å². The first kappa shape index (κ1) is 20.5. The van der Waals surface area contributed by atoms with Gasteiger partial charge in [0.2, 0.25) is 0 Å². The van der Waals surface area contributed by atoms with Gasteiger partial charge in [-0.15, -0.1) is 0 Å². The Labute approximate surface area is 173 Å². The summed E-state index contributed by atoms with van der Waals surface area (Å²) < 4.78 is 10.6. The SMILES string of the molecule is CCOC(=O)c1cc(NC(=O)c2cccc(Cl)c2Cl)ccc1N1CCOCC1. The zero-order valence-electron chi connectivity index (χ0n) is 15.3. The molecule has 1 amide bonds. The molecule has 0 atom stereocenters. The van der Waals surface area contributed by atoms with Crippen LogP contribution >= 0.6 is 23.2 Å². The van der Waals surface area contributed by atoms with Gasteiger partial charge in [0.25, 0.3) is 5.91 Å². The number of carbonyl (C=O) groups excluding carboxylic acids is 2. The number of rotatable bonds is 5. The number of esters is 1. The van der Waals surface area contributed by atoms with E-state index < -0.39 is 11.9 Å². The number of nitrogens with one attached hydrogen (secondary N) is 1. The van der Waals surface area contributed by atoms with E-state index in [-0.39, 0.29) is 17.2 Å². The number of hydrogen-bond acceptors (Lipinski definition) is 5. The van der Waals surface area contributed by atoms with Crippen molar-refractivity contribution in [1.82, 2.24) is 0 Å². The maximum absolute atomic E-state index is 12.6. The van der Waals surface area contributed by atoms with E-state index in [9.17, 15) is 9.59 Å². The Bertz CT molecular complexity index is 883. The lowest BCUT2D eigenvalue weighted by Crippen LogP contribution is -2.37. The second-order valence-corrected chi connectivity index (χ2v) is 6.89. The van der Waals surface area contributed by atoms with Crippen molar-refractivity contribution >= 4 is 46.5 Å². The fourth-order valence-corrected chi connectivity index (χ4v) is 3.33. The topological polar surface area (TPSA) is 67.9 Å². The average molecular weight is 423 g/mol. The Morgan fingerprint density at radius 3 is 2.61 bits per heavy atom. The van der Waals surface area contributed by atoms with Crippen molar-refractivity contribution in [3.05, 3.63) is 57.6 Å². The van der Waals surface area contributed by atoms with Crippen molar-refractivity contribution in [1.29, 1.82) is 0 Å². The van der Waals surface area contributed by atoms with Gasteiger partial charge in [-0.05, 0) is 37.3 Å². The van der Waals surface area contributed by atoms with Gasteiger partial charge in [0, 0.05) is 18.8 Å². The average Bonchev–Trinajstić information content (AvgIpc) is 2.70. The molecule has 8 heteroatoms. The minimum Gasteiger partial charge on any atom is -0.462 e. The van der Waals surface area contributed by atoms with Gasteiger partial charge in [0.15, 0.2) is 0 Å². The third-order valence-electron chi connectivity index (χ3n) is 4.30. The number of benzene rings is 2. The van der Waals surface area contributed by atoms with E-state index >= 15 is 0 Å². The van der Waals surface area contributed by atoms with Crippen molar-refractivity contribution < 1.29 is 19.1 Å². The number of carbonyl (C=O) groups is 2. The Kier molecular flexibility index (Phi) is 6.78. The smallest absolute Gasteiger partial charge is 0.340 e. The summed E-state index contributed by atoms with van der Waals surface area (Å²) >= 11 is 12.1. The van der Waals surface area contributed by atoms with Crippen molar-refractivity contribution in [3.63, 3.8) is 0 Å². The summed E-state index contributed by atoms with van der Waals surface area (Å²) in [5.74, 6) is -0.859. The summed E-state index contributed by atoms with van der Waals surface area (Å²) in [6.45, 7) is 4.55. The lowest BCUT2D eigenvalue weighted by Gasteiger charge is -2.30. The van der Waals surface area contributed by atoms with Crippen LogP contribution in [0.2, 0.25) is 10.0 Å². The molecule has 28 heavy (non-hydrogen) atoms. The molecule has 1 aliphatic heterocycles. The molecule has 0 unspecified atom stereocenters. The number of nitrogens with zero attached hydrogens (tertiary/aromatic N) is 1. The molecule has 1 heterocycles. The van der Waals surface area contributed by atoms with Gasteiger partial charge >= 0.3 is 5.97 Å². The molecule has 1 aliphatic rings. The van der Waals surface area contributed by atoms with Crippen molar-refractivity contribution in [2.24, 2.45) is 0 Å². The maximum atomic E-state index is 12.6. The molecule has 1 N–H and O–H groups in total. The molecule has 6 nitrogen and oxygen atoms in total. The van der Waals surface area contributed by atoms with Gasteiger partial charge in [0.05, 0.1) is 46.7 Å². The van der Waals surface area contributed by atoms with Crippen LogP contribution in [0, 0.1) is 0 Å². The van der Waals surface area contributed by atoms with E-state index in [0.717, 1.165) is 5.69 Å². The van der Waals surface area contributed by atoms with E-state index in [0.29, 0.717) is 42.6 Å². The van der Waals surface area contributed by atoms with Gasteiger partial charge in [-0.25, -0.2) is 4.79 Å². The van der Waals surface area contributed by atoms with E-state index in [1.54, 1.807) is 43.3 Å². The van der Waals surface area contributed by atoms with Gasteiger partial charge < -0.3 is 19.7 Å². The van der Waals surface area contributed by atoms with Crippen LogP contribution in [0.15, 0.2) is 36.4 Å². The minimum absolute atomic E-state index is 0.178. The molecular formula is C20H20Cl2N2O4. The Balaban J connectivity index is 1.89. The third kappa shape index (κ3) is 4.58. The summed E-state index contributed by atoms with van der Waals surface area (Å²) in [5.41, 5.74) is 1.85. The van der Waals surface area contributed by atoms with Crippen LogP contribution in [0.1, 0.15) is 27.6 Å². The lowest BCUT2D eigenvalue weighted by atomic mass is 10.1. The Morgan fingerprint density at radius 1 is 1.14 bits per heavy atom. The van der Waals surface area contributed by atoms with Crippen molar-refractivity contribution in [2.75, 3.05) is 43.1 Å². The molecule has 2 aromatic rings. The van der Waals surface area contributed by atoms with Crippen LogP contribution in [0.3, 0.4) is 0 Å². The molecule has 0 aliphatic carbocycles. The van der Waals surface area contributed by atoms with Gasteiger partial charge in [-0.3, -0.25) is 4.79 Å². The predicted octanol–water partition coefficient (Wildman–Crippen LogP) is 4.26. The van der Waals surface area contributed by atoms with Crippen LogP contribution in [0.4, 0.5) is 11.4 Å². The second-order valence-electron chi connectivity index (χ2n) is 6.11. The van der Waals surface area contributed by atoms with Crippen LogP contribution in [0.5, 0.6) is 0 Å². The zero-order valence-corrected chi connectivity index (χ0v) is 16.8. The quantitative estimate of drug-likeness (QED) is 0.728. The molecule has 0 aromatic heterocycles. The van der Waals surface area contributed by atoms with Crippen LogP contribution in [-0.4, -0.2) is 44.8 Å². The highest BCUT2D eigenvalue weighted by Gasteiger charge is 2.21. The van der Waals surface area contributed by atoms with Crippen LogP contribution in [0.25, 0.3) is 0 Å². The summed E-state index contributed by atoms with van der Waals surface area (Å²) in [5, 5.41) is 3.23. The molecule has 0 bridgehead atoms. The molecule has 3 rings (SSSR count). The Morgan fingerprint density at radius 2 is 1.89 bits per heavy atom. The van der Waals surface area contributed by atoms with E-state index in [1.165, 1.54) is 0 Å². The summed E-state index contributed by atoms with van der Waals surface area (Å²) in [6.07, 6.45) is 0. The largest absolute Gasteiger partial charge is 0.462 e. The normalized spacial score (nSPS) is 13.9. The third-order valence-corrected chi connectivity index (χ3v) is 5.12. The zero-order chi connectivity index (χ0) is 20.1. The first-order valence-electron chi connectivity index (χ1n) is 8.90. The highest BCUT2D eigenvalue weighted by atomic mass is 35.5. The monoisotopic (exact) mass is 422 g/mol. The Hall–Kier alpha value is -2.28. The number of anilines is 2. The summed E-state index contributed by atoms with van der Waals surface area (Å²) in [4.78, 5) is 27.1. The molecule has 148 valence electrons. The van der Waals surface area contributed by atoms with Crippen molar-refractivity contribution in [2.45, 2.75) is 6.92 Å². The van der Waals surface area contributed by atoms with E-state index in [2.05, 4.69) is 10.2 Å². The number of morpholine rings is 1. The first-order valence-corrected chi connectivity index (χ1v) is 9.66. The molecule has 1 fully saturated rings. The van der Waals surface area contributed by atoms with Gasteiger partial charge in [0.1, 0.15) is 0 Å². The highest BCUT2D eigenvalue weighted by molar-refractivity contribution is 6.44. The number of amides is 1. The van der Waals surface area contributed by atoms with E-state index in [1.807, 2.05) is 0 Å². The minimum atomic E-state index is -0.444. The summed E-state index contributed by atoms with van der Waals surface area (Å²) in [7, 11) is 0. The van der Waals surface area contributed by atoms with Gasteiger partial charge in [-0.2, -0.15) is 0 Å². The number of hydrogen-bond donors (Lipinski definition) is 1. The molecule has 1 saturated heterocycles. The highest BCUT2D eigenvalue weighted by Crippen LogP contribution is 2.29. The van der Waals surface area contributed by atoms with E-state index in [4.69, 9.17) is 32.7 Å². The first-order chi connectivity index (χ1) is 13.5. The van der Waals surface area contributed by atoms with Crippen LogP contribution in [-0.2, 0) is 9.47 Å². The standard InChI is InChI=1S/C20H20Cl2N2O4/c1-2-28-20(26)15-12-13(6-7-17(15)24-8-10-27-11-9-24)23-19(25)14-4-3-5-16(21)18(14)22/h3-7,12H,2,8-11H2,1H3,(H,23,25). The van der Waals surface area contributed by atoms with Crippen LogP contribution < -0.4 is 10.2 Å². The molecular weight excluding hydrogens is 403 g/mol. The maximum Gasteiger partial charge on any atom is 0.340 e. The lowest BCUT2D eigenvalue weighted by molar-refractivity contribution is 0.0526. The molecule has 0 radical (unpaired) electrons. The number of ether oxygens (including phenoxy) is 2. The fourth-order valence-electron chi connectivity index (χ4n) is 2.94. The fraction of sp³-hybridized carbons (Fsp3) is 0.300. The van der Waals surface area contributed by atoms with Gasteiger partial charge in [-0.1, -0.05) is 29.3 Å². The summed E-state index contributed by atoms with van der Waals surface area (Å²) in [6, 6.07) is 9.99. The second kappa shape index (κ2) is 9.28. The predicted molar refractivity (Wildman–Crippen MR) is 110 cm³/mol. The number of halogens is 2. The molecule has 2 aromatic carbocycles. The molecule has 0 spiro atoms. The molecule has 0 saturated carbocycles.